The van der Waals surface area contributed by atoms with Crippen molar-refractivity contribution in [1.29, 1.82) is 0 Å². The van der Waals surface area contributed by atoms with Gasteiger partial charge >= 0.3 is 11.9 Å². The molecule has 0 aromatic carbocycles. The van der Waals surface area contributed by atoms with Crippen LogP contribution in [0, 0.1) is 10.8 Å². The molecule has 6 N–H and O–H groups in total. The molecule has 0 bridgehead atoms. The maximum Gasteiger partial charge on any atom is 0.331 e. The standard InChI is InChI=1S/C14H24O10/c15-3-13(4-16,5-17)9-23-11(21)1-2-12(22)24-10-14(6-18,7-19)8-20/h1-2,15-20H,3-10H2/b2-1-. The van der Waals surface area contributed by atoms with Gasteiger partial charge in [-0.25, -0.2) is 9.59 Å². The van der Waals surface area contributed by atoms with Crippen LogP contribution in [0.4, 0.5) is 0 Å². The zero-order valence-corrected chi connectivity index (χ0v) is 13.1. The van der Waals surface area contributed by atoms with Gasteiger partial charge in [0.15, 0.2) is 0 Å². The Balaban J connectivity index is 4.42. The average Bonchev–Trinajstić information content (AvgIpc) is 2.63. The van der Waals surface area contributed by atoms with Crippen molar-refractivity contribution in [3.63, 3.8) is 0 Å². The lowest BCUT2D eigenvalue weighted by Gasteiger charge is -2.26. The summed E-state index contributed by atoms with van der Waals surface area (Å²) < 4.78 is 9.41. The van der Waals surface area contributed by atoms with E-state index in [-0.39, 0.29) is 0 Å². The molecular formula is C14H24O10. The predicted molar refractivity (Wildman–Crippen MR) is 78.4 cm³/mol. The minimum absolute atomic E-state index is 0.461. The molecule has 0 aliphatic rings. The minimum Gasteiger partial charge on any atom is -0.462 e. The van der Waals surface area contributed by atoms with Crippen LogP contribution >= 0.6 is 0 Å². The summed E-state index contributed by atoms with van der Waals surface area (Å²) in [5.41, 5.74) is -2.76. The van der Waals surface area contributed by atoms with Gasteiger partial charge in [-0.1, -0.05) is 0 Å². The van der Waals surface area contributed by atoms with Crippen molar-refractivity contribution in [3.05, 3.63) is 12.2 Å². The normalized spacial score (nSPS) is 12.4. The van der Waals surface area contributed by atoms with E-state index in [9.17, 15) is 9.59 Å². The number of hydrogen-bond acceptors (Lipinski definition) is 10. The highest BCUT2D eigenvalue weighted by atomic mass is 16.5. The highest BCUT2D eigenvalue weighted by molar-refractivity contribution is 5.91. The Labute approximate surface area is 138 Å². The van der Waals surface area contributed by atoms with Crippen LogP contribution in [0.25, 0.3) is 0 Å². The second kappa shape index (κ2) is 11.1. The molecule has 0 radical (unpaired) electrons. The van der Waals surface area contributed by atoms with Gasteiger partial charge in [0.05, 0.1) is 50.5 Å². The SMILES string of the molecule is O=C(/C=C\C(=O)OCC(CO)(CO)CO)OCC(CO)(CO)CO. The summed E-state index contributed by atoms with van der Waals surface area (Å²) >= 11 is 0. The van der Waals surface area contributed by atoms with Gasteiger partial charge in [0.2, 0.25) is 0 Å². The van der Waals surface area contributed by atoms with E-state index in [1.54, 1.807) is 0 Å². The molecule has 0 aromatic rings. The molecule has 0 saturated carbocycles. The Morgan fingerprint density at radius 1 is 0.625 bits per heavy atom. The Morgan fingerprint density at radius 2 is 0.875 bits per heavy atom. The first-order valence-corrected chi connectivity index (χ1v) is 7.03. The Bertz CT molecular complexity index is 357. The van der Waals surface area contributed by atoms with Crippen molar-refractivity contribution in [2.75, 3.05) is 52.9 Å². The quantitative estimate of drug-likeness (QED) is 0.153. The Kier molecular flexibility index (Phi) is 10.4. The molecular weight excluding hydrogens is 328 g/mol. The van der Waals surface area contributed by atoms with Crippen LogP contribution in [0.2, 0.25) is 0 Å². The molecule has 140 valence electrons. The Morgan fingerprint density at radius 3 is 1.08 bits per heavy atom. The van der Waals surface area contributed by atoms with Gasteiger partial charge in [-0.15, -0.1) is 0 Å². The molecule has 0 atom stereocenters. The summed E-state index contributed by atoms with van der Waals surface area (Å²) in [5, 5.41) is 54.4. The predicted octanol–water partition coefficient (Wildman–Crippen LogP) is -3.44. The number of carbonyl (C=O) groups excluding carboxylic acids is 2. The van der Waals surface area contributed by atoms with Gasteiger partial charge in [0, 0.05) is 12.2 Å². The molecule has 10 heteroatoms. The topological polar surface area (TPSA) is 174 Å². The molecule has 0 aliphatic heterocycles. The first-order chi connectivity index (χ1) is 11.4. The molecule has 0 aliphatic carbocycles. The van der Waals surface area contributed by atoms with E-state index in [0.29, 0.717) is 0 Å². The number of carbonyl (C=O) groups is 2. The van der Waals surface area contributed by atoms with Gasteiger partial charge in [0.25, 0.3) is 0 Å². The number of aliphatic hydroxyl groups excluding tert-OH is 6. The smallest absolute Gasteiger partial charge is 0.331 e. The lowest BCUT2D eigenvalue weighted by atomic mass is 9.92. The van der Waals surface area contributed by atoms with Crippen molar-refractivity contribution in [2.24, 2.45) is 10.8 Å². The number of hydrogen-bond donors (Lipinski definition) is 6. The third kappa shape index (κ3) is 6.91. The summed E-state index contributed by atoms with van der Waals surface area (Å²) in [6, 6.07) is 0. The molecule has 0 heterocycles. The first kappa shape index (κ1) is 22.4. The zero-order chi connectivity index (χ0) is 18.6. The van der Waals surface area contributed by atoms with Crippen molar-refractivity contribution in [1.82, 2.24) is 0 Å². The fourth-order valence-corrected chi connectivity index (χ4v) is 1.25. The number of ether oxygens (including phenoxy) is 2. The summed E-state index contributed by atoms with van der Waals surface area (Å²) in [4.78, 5) is 22.9. The van der Waals surface area contributed by atoms with Crippen molar-refractivity contribution in [2.45, 2.75) is 0 Å². The number of aliphatic hydroxyl groups is 6. The van der Waals surface area contributed by atoms with E-state index < -0.39 is 75.6 Å². The van der Waals surface area contributed by atoms with Crippen LogP contribution in [-0.2, 0) is 19.1 Å². The van der Waals surface area contributed by atoms with Crippen LogP contribution in [0.3, 0.4) is 0 Å². The maximum absolute atomic E-state index is 11.4. The third-order valence-electron chi connectivity index (χ3n) is 3.41. The highest BCUT2D eigenvalue weighted by Gasteiger charge is 2.30. The monoisotopic (exact) mass is 352 g/mol. The lowest BCUT2D eigenvalue weighted by molar-refractivity contribution is -0.148. The van der Waals surface area contributed by atoms with Crippen LogP contribution < -0.4 is 0 Å². The highest BCUT2D eigenvalue weighted by Crippen LogP contribution is 2.16. The van der Waals surface area contributed by atoms with E-state index in [2.05, 4.69) is 0 Å². The van der Waals surface area contributed by atoms with E-state index in [0.717, 1.165) is 12.2 Å². The molecule has 24 heavy (non-hydrogen) atoms. The van der Waals surface area contributed by atoms with Crippen LogP contribution in [0.15, 0.2) is 12.2 Å². The molecule has 0 unspecified atom stereocenters. The molecule has 0 rings (SSSR count). The van der Waals surface area contributed by atoms with Gasteiger partial charge in [-0.3, -0.25) is 0 Å². The largest absolute Gasteiger partial charge is 0.462 e. The van der Waals surface area contributed by atoms with Crippen molar-refractivity contribution >= 4 is 11.9 Å². The number of rotatable bonds is 12. The average molecular weight is 352 g/mol. The lowest BCUT2D eigenvalue weighted by Crippen LogP contribution is -2.39. The second-order valence-electron chi connectivity index (χ2n) is 5.50. The molecule has 0 saturated heterocycles. The van der Waals surface area contributed by atoms with Crippen LogP contribution in [0.5, 0.6) is 0 Å². The summed E-state index contributed by atoms with van der Waals surface area (Å²) in [7, 11) is 0. The Hall–Kier alpha value is -1.56. The van der Waals surface area contributed by atoms with Crippen LogP contribution in [0.1, 0.15) is 0 Å². The van der Waals surface area contributed by atoms with E-state index >= 15 is 0 Å². The maximum atomic E-state index is 11.4. The van der Waals surface area contributed by atoms with E-state index in [1.807, 2.05) is 0 Å². The van der Waals surface area contributed by atoms with Gasteiger partial charge in [0.1, 0.15) is 13.2 Å². The number of esters is 2. The zero-order valence-electron chi connectivity index (χ0n) is 13.1. The molecule has 0 amide bonds. The van der Waals surface area contributed by atoms with Crippen molar-refractivity contribution < 1.29 is 49.7 Å². The molecule has 0 fully saturated rings. The van der Waals surface area contributed by atoms with Gasteiger partial charge in [-0.05, 0) is 0 Å². The summed E-state index contributed by atoms with van der Waals surface area (Å²) in [5.74, 6) is -1.94. The first-order valence-electron chi connectivity index (χ1n) is 7.03. The molecule has 0 aromatic heterocycles. The van der Waals surface area contributed by atoms with E-state index in [4.69, 9.17) is 40.1 Å². The van der Waals surface area contributed by atoms with Gasteiger partial charge in [-0.2, -0.15) is 0 Å². The fraction of sp³-hybridized carbons (Fsp3) is 0.714. The summed E-state index contributed by atoms with van der Waals surface area (Å²) in [6.45, 7) is -4.56. The molecule has 10 nitrogen and oxygen atoms in total. The summed E-state index contributed by atoms with van der Waals surface area (Å²) in [6.07, 6.45) is 1.47. The van der Waals surface area contributed by atoms with Crippen LogP contribution in [-0.4, -0.2) is 95.4 Å². The fourth-order valence-electron chi connectivity index (χ4n) is 1.25. The minimum atomic E-state index is -1.38. The second-order valence-corrected chi connectivity index (χ2v) is 5.50. The van der Waals surface area contributed by atoms with Gasteiger partial charge < -0.3 is 40.1 Å². The van der Waals surface area contributed by atoms with Crippen molar-refractivity contribution in [3.8, 4) is 0 Å². The molecule has 0 spiro atoms. The van der Waals surface area contributed by atoms with E-state index in [1.165, 1.54) is 0 Å². The third-order valence-corrected chi connectivity index (χ3v) is 3.41.